The summed E-state index contributed by atoms with van der Waals surface area (Å²) in [4.78, 5) is 24.0. The van der Waals surface area contributed by atoms with Crippen molar-refractivity contribution in [3.05, 3.63) is 57.7 Å². The zero-order valence-electron chi connectivity index (χ0n) is 13.7. The molecule has 2 aromatic carbocycles. The molecular formula is C18H18N2O3S. The smallest absolute Gasteiger partial charge is 0.307 e. The van der Waals surface area contributed by atoms with Crippen LogP contribution >= 0.6 is 11.3 Å². The first kappa shape index (κ1) is 16.3. The summed E-state index contributed by atoms with van der Waals surface area (Å²) in [7, 11) is 1.73. The quantitative estimate of drug-likeness (QED) is 0.791. The molecule has 0 aliphatic rings. The minimum Gasteiger partial charge on any atom is -0.481 e. The van der Waals surface area contributed by atoms with E-state index in [1.165, 1.54) is 0 Å². The number of fused-ring (bicyclic) bond motifs is 1. The molecule has 3 rings (SSSR count). The largest absolute Gasteiger partial charge is 0.481 e. The number of hydrogen-bond donors (Lipinski definition) is 1. The first-order valence-corrected chi connectivity index (χ1v) is 8.39. The maximum Gasteiger partial charge on any atom is 0.307 e. The summed E-state index contributed by atoms with van der Waals surface area (Å²) in [6.45, 7) is 3.70. The third-order valence-corrected chi connectivity index (χ3v) is 4.76. The Morgan fingerprint density at radius 2 is 1.92 bits per heavy atom. The number of carbonyl (C=O) groups excluding carboxylic acids is 1. The molecule has 24 heavy (non-hydrogen) atoms. The van der Waals surface area contributed by atoms with Gasteiger partial charge in [-0.05, 0) is 44.2 Å². The molecule has 1 atom stereocenters. The van der Waals surface area contributed by atoms with Gasteiger partial charge in [0.2, 0.25) is 0 Å². The van der Waals surface area contributed by atoms with Gasteiger partial charge in [0.1, 0.15) is 5.75 Å². The number of hydrogen-bond acceptors (Lipinski definition) is 4. The fourth-order valence-electron chi connectivity index (χ4n) is 2.33. The Balaban J connectivity index is 1.71. The van der Waals surface area contributed by atoms with Crippen molar-refractivity contribution in [3.63, 3.8) is 0 Å². The van der Waals surface area contributed by atoms with Gasteiger partial charge in [-0.3, -0.25) is 9.59 Å². The van der Waals surface area contributed by atoms with Crippen LogP contribution in [-0.2, 0) is 11.8 Å². The monoisotopic (exact) mass is 342 g/mol. The van der Waals surface area contributed by atoms with Crippen molar-refractivity contribution in [1.82, 2.24) is 4.57 Å². The normalized spacial score (nSPS) is 12.1. The number of thiazole rings is 1. The zero-order valence-corrected chi connectivity index (χ0v) is 14.5. The fraction of sp³-hybridized carbons (Fsp3) is 0.222. The van der Waals surface area contributed by atoms with Gasteiger partial charge in [-0.1, -0.05) is 29.0 Å². The number of anilines is 1. The van der Waals surface area contributed by atoms with Crippen molar-refractivity contribution in [1.29, 1.82) is 0 Å². The summed E-state index contributed by atoms with van der Waals surface area (Å²) in [6.07, 6.45) is -0.627. The summed E-state index contributed by atoms with van der Waals surface area (Å²) in [6, 6.07) is 13.0. The molecule has 1 unspecified atom stereocenters. The summed E-state index contributed by atoms with van der Waals surface area (Å²) < 4.78 is 8.08. The highest BCUT2D eigenvalue weighted by atomic mass is 32.1. The predicted octanol–water partition coefficient (Wildman–Crippen LogP) is 3.31. The lowest BCUT2D eigenvalue weighted by Crippen LogP contribution is -2.30. The Kier molecular flexibility index (Phi) is 4.40. The molecule has 5 nitrogen and oxygen atoms in total. The number of aryl methyl sites for hydroxylation is 2. The van der Waals surface area contributed by atoms with E-state index in [9.17, 15) is 9.59 Å². The van der Waals surface area contributed by atoms with E-state index in [4.69, 9.17) is 4.74 Å². The molecule has 1 amide bonds. The van der Waals surface area contributed by atoms with Crippen LogP contribution in [0.25, 0.3) is 10.2 Å². The average Bonchev–Trinajstić information content (AvgIpc) is 2.83. The van der Waals surface area contributed by atoms with Crippen LogP contribution in [-0.4, -0.2) is 16.6 Å². The van der Waals surface area contributed by atoms with Gasteiger partial charge in [-0.2, -0.15) is 0 Å². The van der Waals surface area contributed by atoms with Gasteiger partial charge in [0.15, 0.2) is 6.10 Å². The second kappa shape index (κ2) is 6.49. The number of rotatable bonds is 4. The Labute approximate surface area is 143 Å². The van der Waals surface area contributed by atoms with Crippen LogP contribution in [0.5, 0.6) is 5.75 Å². The summed E-state index contributed by atoms with van der Waals surface area (Å²) in [5, 5.41) is 2.83. The Morgan fingerprint density at radius 3 is 2.62 bits per heavy atom. The molecule has 0 saturated carbocycles. The topological polar surface area (TPSA) is 60.3 Å². The summed E-state index contributed by atoms with van der Waals surface area (Å²) >= 11 is 1.16. The minimum atomic E-state index is -0.627. The second-order valence-electron chi connectivity index (χ2n) is 5.67. The highest BCUT2D eigenvalue weighted by Crippen LogP contribution is 2.21. The second-order valence-corrected chi connectivity index (χ2v) is 6.67. The summed E-state index contributed by atoms with van der Waals surface area (Å²) in [5.74, 6) is 0.415. The van der Waals surface area contributed by atoms with Crippen LogP contribution in [0, 0.1) is 6.92 Å². The molecule has 0 fully saturated rings. The van der Waals surface area contributed by atoms with E-state index in [1.807, 2.05) is 37.3 Å². The lowest BCUT2D eigenvalue weighted by atomic mass is 10.2. The molecule has 0 saturated heterocycles. The zero-order chi connectivity index (χ0) is 17.3. The van der Waals surface area contributed by atoms with Crippen molar-refractivity contribution in [2.75, 3.05) is 5.32 Å². The van der Waals surface area contributed by atoms with E-state index in [0.717, 1.165) is 27.1 Å². The van der Waals surface area contributed by atoms with Gasteiger partial charge < -0.3 is 14.6 Å². The van der Waals surface area contributed by atoms with Crippen molar-refractivity contribution >= 4 is 33.1 Å². The van der Waals surface area contributed by atoms with Gasteiger partial charge in [-0.15, -0.1) is 0 Å². The van der Waals surface area contributed by atoms with Crippen molar-refractivity contribution < 1.29 is 9.53 Å². The fourth-order valence-corrected chi connectivity index (χ4v) is 3.25. The van der Waals surface area contributed by atoms with Crippen LogP contribution in [0.15, 0.2) is 47.3 Å². The number of nitrogens with one attached hydrogen (secondary N) is 1. The molecule has 6 heteroatoms. The van der Waals surface area contributed by atoms with E-state index in [0.29, 0.717) is 11.4 Å². The number of carbonyl (C=O) groups is 1. The molecule has 0 aliphatic carbocycles. The SMILES string of the molecule is Cc1ccc(OC(C)C(=O)Nc2ccc3c(c2)sc(=O)n3C)cc1. The Morgan fingerprint density at radius 1 is 1.21 bits per heavy atom. The highest BCUT2D eigenvalue weighted by molar-refractivity contribution is 7.16. The van der Waals surface area contributed by atoms with Gasteiger partial charge in [-0.25, -0.2) is 0 Å². The Hall–Kier alpha value is -2.60. The van der Waals surface area contributed by atoms with E-state index < -0.39 is 6.10 Å². The first-order chi connectivity index (χ1) is 11.4. The van der Waals surface area contributed by atoms with Gasteiger partial charge >= 0.3 is 4.87 Å². The number of aromatic nitrogens is 1. The third kappa shape index (κ3) is 3.33. The molecule has 0 spiro atoms. The molecule has 1 N–H and O–H groups in total. The van der Waals surface area contributed by atoms with Gasteiger partial charge in [0.05, 0.1) is 10.2 Å². The van der Waals surface area contributed by atoms with E-state index in [2.05, 4.69) is 5.32 Å². The predicted molar refractivity (Wildman–Crippen MR) is 97.0 cm³/mol. The highest BCUT2D eigenvalue weighted by Gasteiger charge is 2.15. The van der Waals surface area contributed by atoms with Crippen molar-refractivity contribution in [3.8, 4) is 5.75 Å². The number of benzene rings is 2. The van der Waals surface area contributed by atoms with Crippen LogP contribution in [0.1, 0.15) is 12.5 Å². The third-order valence-electron chi connectivity index (χ3n) is 3.76. The van der Waals surface area contributed by atoms with Crippen LogP contribution < -0.4 is 14.9 Å². The lowest BCUT2D eigenvalue weighted by molar-refractivity contribution is -0.122. The van der Waals surface area contributed by atoms with Gasteiger partial charge in [0.25, 0.3) is 5.91 Å². The Bertz CT molecular complexity index is 941. The van der Waals surface area contributed by atoms with Crippen LogP contribution in [0.4, 0.5) is 5.69 Å². The molecule has 0 bridgehead atoms. The molecule has 0 radical (unpaired) electrons. The summed E-state index contributed by atoms with van der Waals surface area (Å²) in [5.41, 5.74) is 2.63. The number of amides is 1. The molecule has 3 aromatic rings. The minimum absolute atomic E-state index is 0.0236. The van der Waals surface area contributed by atoms with Crippen LogP contribution in [0.3, 0.4) is 0 Å². The molecule has 1 aromatic heterocycles. The number of ether oxygens (including phenoxy) is 1. The maximum absolute atomic E-state index is 12.3. The maximum atomic E-state index is 12.3. The van der Waals surface area contributed by atoms with Crippen molar-refractivity contribution in [2.45, 2.75) is 20.0 Å². The van der Waals surface area contributed by atoms with Crippen LogP contribution in [0.2, 0.25) is 0 Å². The van der Waals surface area contributed by atoms with Crippen molar-refractivity contribution in [2.24, 2.45) is 7.05 Å². The number of nitrogens with zero attached hydrogens (tertiary/aromatic N) is 1. The standard InChI is InChI=1S/C18H18N2O3S/c1-11-4-7-14(8-5-11)23-12(2)17(21)19-13-6-9-15-16(10-13)24-18(22)20(15)3/h4-10,12H,1-3H3,(H,19,21). The van der Waals surface area contributed by atoms with E-state index in [1.54, 1.807) is 30.7 Å². The van der Waals surface area contributed by atoms with E-state index in [-0.39, 0.29) is 10.8 Å². The molecule has 0 aliphatic heterocycles. The molecular weight excluding hydrogens is 324 g/mol. The molecule has 1 heterocycles. The first-order valence-electron chi connectivity index (χ1n) is 7.58. The van der Waals surface area contributed by atoms with E-state index >= 15 is 0 Å². The lowest BCUT2D eigenvalue weighted by Gasteiger charge is -2.15. The average molecular weight is 342 g/mol. The van der Waals surface area contributed by atoms with Gasteiger partial charge in [0, 0.05) is 12.7 Å². The molecule has 124 valence electrons.